The highest BCUT2D eigenvalue weighted by molar-refractivity contribution is 5.69. The summed E-state index contributed by atoms with van der Waals surface area (Å²) in [6, 6.07) is 4.72. The van der Waals surface area contributed by atoms with Gasteiger partial charge in [-0.1, -0.05) is 0 Å². The Bertz CT molecular complexity index is 444. The van der Waals surface area contributed by atoms with E-state index in [-0.39, 0.29) is 11.7 Å². The van der Waals surface area contributed by atoms with Gasteiger partial charge in [0.1, 0.15) is 0 Å². The normalized spacial score (nSPS) is 20.6. The third-order valence-corrected chi connectivity index (χ3v) is 3.30. The number of non-ortho nitro benzene ring substituents is 1. The lowest BCUT2D eigenvalue weighted by Gasteiger charge is -2.21. The highest BCUT2D eigenvalue weighted by Crippen LogP contribution is 2.27. The van der Waals surface area contributed by atoms with E-state index in [1.165, 1.54) is 12.1 Å². The molecule has 6 heteroatoms. The van der Waals surface area contributed by atoms with Crippen LogP contribution in [0.5, 0.6) is 0 Å². The fraction of sp³-hybridized carbons (Fsp3) is 0.500. The fourth-order valence-corrected chi connectivity index (χ4v) is 2.11. The topological polar surface area (TPSA) is 90.4 Å². The molecule has 1 saturated heterocycles. The average Bonchev–Trinajstić information content (AvgIpc) is 2.85. The van der Waals surface area contributed by atoms with Gasteiger partial charge in [-0.15, -0.1) is 0 Å². The highest BCUT2D eigenvalue weighted by Gasteiger charge is 2.22. The van der Waals surface area contributed by atoms with Crippen molar-refractivity contribution in [2.45, 2.75) is 19.4 Å². The Balaban J connectivity index is 2.06. The molecule has 0 radical (unpaired) electrons. The molecule has 1 aliphatic heterocycles. The Morgan fingerprint density at radius 3 is 2.94 bits per heavy atom. The molecule has 6 nitrogen and oxygen atoms in total. The third kappa shape index (κ3) is 2.70. The average molecular weight is 251 g/mol. The molecule has 0 amide bonds. The minimum absolute atomic E-state index is 0.00917. The number of nitro benzene ring substituents is 1. The van der Waals surface area contributed by atoms with Crippen LogP contribution in [0, 0.1) is 16.0 Å². The molecule has 1 aliphatic rings. The maximum absolute atomic E-state index is 10.6. The van der Waals surface area contributed by atoms with Crippen molar-refractivity contribution >= 4 is 17.1 Å². The number of nitrogens with zero attached hydrogens (tertiary/aromatic N) is 1. The van der Waals surface area contributed by atoms with Gasteiger partial charge in [0.05, 0.1) is 22.9 Å². The Morgan fingerprint density at radius 2 is 2.39 bits per heavy atom. The fourth-order valence-electron chi connectivity index (χ4n) is 2.11. The van der Waals surface area contributed by atoms with Crippen molar-refractivity contribution in [1.82, 2.24) is 0 Å². The van der Waals surface area contributed by atoms with Crippen LogP contribution in [-0.4, -0.2) is 24.2 Å². The van der Waals surface area contributed by atoms with Crippen LogP contribution in [-0.2, 0) is 4.74 Å². The van der Waals surface area contributed by atoms with Crippen LogP contribution in [0.3, 0.4) is 0 Å². The molecule has 18 heavy (non-hydrogen) atoms. The lowest BCUT2D eigenvalue weighted by Crippen LogP contribution is -2.26. The lowest BCUT2D eigenvalue weighted by molar-refractivity contribution is -0.384. The second-order valence-corrected chi connectivity index (χ2v) is 4.59. The minimum Gasteiger partial charge on any atom is -0.397 e. The number of nitrogens with one attached hydrogen (secondary N) is 1. The summed E-state index contributed by atoms with van der Waals surface area (Å²) in [4.78, 5) is 10.2. The van der Waals surface area contributed by atoms with Crippen molar-refractivity contribution < 1.29 is 9.66 Å². The molecule has 1 aromatic rings. The Kier molecular flexibility index (Phi) is 3.66. The molecule has 0 saturated carbocycles. The molecule has 2 rings (SSSR count). The van der Waals surface area contributed by atoms with Gasteiger partial charge in [-0.2, -0.15) is 0 Å². The first-order valence-corrected chi connectivity index (χ1v) is 5.96. The zero-order valence-electron chi connectivity index (χ0n) is 10.3. The monoisotopic (exact) mass is 251 g/mol. The number of ether oxygens (including phenoxy) is 1. The second kappa shape index (κ2) is 5.22. The van der Waals surface area contributed by atoms with Crippen LogP contribution < -0.4 is 11.1 Å². The molecule has 0 aromatic heterocycles. The van der Waals surface area contributed by atoms with Crippen LogP contribution in [0.15, 0.2) is 18.2 Å². The molecule has 2 unspecified atom stereocenters. The summed E-state index contributed by atoms with van der Waals surface area (Å²) in [6.07, 6.45) is 1.03. The minimum atomic E-state index is -0.450. The van der Waals surface area contributed by atoms with Crippen molar-refractivity contribution in [3.05, 3.63) is 28.3 Å². The summed E-state index contributed by atoms with van der Waals surface area (Å²) in [5.74, 6) is 0.458. The summed E-state index contributed by atoms with van der Waals surface area (Å²) < 4.78 is 5.34. The summed E-state index contributed by atoms with van der Waals surface area (Å²) in [5.41, 5.74) is 6.95. The standard InChI is InChI=1S/C12H17N3O3/c1-8(9-4-5-18-7-9)14-12-3-2-10(15(16)17)6-11(12)13/h2-3,6,8-9,14H,4-5,7,13H2,1H3. The summed E-state index contributed by atoms with van der Waals surface area (Å²) in [6.45, 7) is 3.62. The SMILES string of the molecule is CC(Nc1ccc([N+](=O)[O-])cc1N)C1CCOC1. The highest BCUT2D eigenvalue weighted by atomic mass is 16.6. The van der Waals surface area contributed by atoms with Crippen LogP contribution in [0.25, 0.3) is 0 Å². The Hall–Kier alpha value is -1.82. The van der Waals surface area contributed by atoms with Gasteiger partial charge in [0.2, 0.25) is 0 Å². The lowest BCUT2D eigenvalue weighted by atomic mass is 10.0. The van der Waals surface area contributed by atoms with Gasteiger partial charge in [-0.3, -0.25) is 10.1 Å². The van der Waals surface area contributed by atoms with E-state index in [0.717, 1.165) is 25.3 Å². The molecule has 1 heterocycles. The molecular weight excluding hydrogens is 234 g/mol. The van der Waals surface area contributed by atoms with E-state index in [1.54, 1.807) is 6.07 Å². The van der Waals surface area contributed by atoms with Crippen LogP contribution in [0.4, 0.5) is 17.1 Å². The number of anilines is 2. The van der Waals surface area contributed by atoms with Crippen LogP contribution >= 0.6 is 0 Å². The first-order valence-electron chi connectivity index (χ1n) is 5.96. The van der Waals surface area contributed by atoms with E-state index in [2.05, 4.69) is 12.2 Å². The Morgan fingerprint density at radius 1 is 1.61 bits per heavy atom. The number of benzene rings is 1. The first kappa shape index (κ1) is 12.6. The molecule has 3 N–H and O–H groups in total. The maximum atomic E-state index is 10.6. The number of hydrogen-bond acceptors (Lipinski definition) is 5. The van der Waals surface area contributed by atoms with Gasteiger partial charge in [-0.25, -0.2) is 0 Å². The number of hydrogen-bond donors (Lipinski definition) is 2. The van der Waals surface area contributed by atoms with Crippen molar-refractivity contribution in [2.75, 3.05) is 24.3 Å². The molecule has 1 fully saturated rings. The first-order chi connectivity index (χ1) is 8.58. The molecule has 0 spiro atoms. The quantitative estimate of drug-likeness (QED) is 0.485. The van der Waals surface area contributed by atoms with E-state index in [9.17, 15) is 10.1 Å². The molecule has 1 aromatic carbocycles. The van der Waals surface area contributed by atoms with Crippen molar-refractivity contribution in [1.29, 1.82) is 0 Å². The van der Waals surface area contributed by atoms with E-state index in [4.69, 9.17) is 10.5 Å². The second-order valence-electron chi connectivity index (χ2n) is 4.59. The number of nitro groups is 1. The van der Waals surface area contributed by atoms with Crippen LogP contribution in [0.2, 0.25) is 0 Å². The van der Waals surface area contributed by atoms with Gasteiger partial charge in [0.15, 0.2) is 0 Å². The largest absolute Gasteiger partial charge is 0.397 e. The zero-order chi connectivity index (χ0) is 13.1. The zero-order valence-corrected chi connectivity index (χ0v) is 10.3. The van der Waals surface area contributed by atoms with E-state index in [1.807, 2.05) is 0 Å². The van der Waals surface area contributed by atoms with E-state index < -0.39 is 4.92 Å². The van der Waals surface area contributed by atoms with Gasteiger partial charge < -0.3 is 15.8 Å². The van der Waals surface area contributed by atoms with Crippen molar-refractivity contribution in [3.63, 3.8) is 0 Å². The van der Waals surface area contributed by atoms with Crippen LogP contribution in [0.1, 0.15) is 13.3 Å². The van der Waals surface area contributed by atoms with Gasteiger partial charge in [0.25, 0.3) is 5.69 Å². The summed E-state index contributed by atoms with van der Waals surface area (Å²) in [7, 11) is 0. The number of rotatable bonds is 4. The summed E-state index contributed by atoms with van der Waals surface area (Å²) in [5, 5.41) is 13.9. The van der Waals surface area contributed by atoms with Crippen molar-refractivity contribution in [3.8, 4) is 0 Å². The Labute approximate surface area is 105 Å². The number of nitrogens with two attached hydrogens (primary N) is 1. The molecule has 98 valence electrons. The number of nitrogen functional groups attached to an aromatic ring is 1. The molecule has 0 aliphatic carbocycles. The maximum Gasteiger partial charge on any atom is 0.271 e. The van der Waals surface area contributed by atoms with Gasteiger partial charge >= 0.3 is 0 Å². The van der Waals surface area contributed by atoms with E-state index in [0.29, 0.717) is 11.6 Å². The molecule has 2 atom stereocenters. The predicted octanol–water partition coefficient (Wildman–Crippen LogP) is 2.01. The molecule has 0 bridgehead atoms. The third-order valence-electron chi connectivity index (χ3n) is 3.30. The molecular formula is C12H17N3O3. The predicted molar refractivity (Wildman–Crippen MR) is 69.5 cm³/mol. The smallest absolute Gasteiger partial charge is 0.271 e. The van der Waals surface area contributed by atoms with Gasteiger partial charge in [0, 0.05) is 30.7 Å². The van der Waals surface area contributed by atoms with Crippen molar-refractivity contribution in [2.24, 2.45) is 5.92 Å². The summed E-state index contributed by atoms with van der Waals surface area (Å²) >= 11 is 0. The van der Waals surface area contributed by atoms with Gasteiger partial charge in [-0.05, 0) is 19.4 Å². The van der Waals surface area contributed by atoms with E-state index >= 15 is 0 Å².